The number of rotatable bonds is 6. The Balaban J connectivity index is 1.60. The fourth-order valence-electron chi connectivity index (χ4n) is 4.00. The van der Waals surface area contributed by atoms with Gasteiger partial charge in [-0.2, -0.15) is 10.4 Å². The Kier molecular flexibility index (Phi) is 6.83. The van der Waals surface area contributed by atoms with Gasteiger partial charge in [0.25, 0.3) is 0 Å². The lowest BCUT2D eigenvalue weighted by Crippen LogP contribution is -2.17. The van der Waals surface area contributed by atoms with Gasteiger partial charge in [0.2, 0.25) is 0 Å². The molecule has 186 valence electrons. The summed E-state index contributed by atoms with van der Waals surface area (Å²) in [6.07, 6.45) is 6.69. The van der Waals surface area contributed by atoms with Crippen LogP contribution < -0.4 is 14.4 Å². The summed E-state index contributed by atoms with van der Waals surface area (Å²) in [5, 5.41) is 16.5. The molecule has 1 N–H and O–H groups in total. The van der Waals surface area contributed by atoms with Crippen LogP contribution in [0.2, 0.25) is 0 Å². The van der Waals surface area contributed by atoms with E-state index in [9.17, 15) is 5.26 Å². The molecule has 9 nitrogen and oxygen atoms in total. The number of methoxy groups -OCH3 is 2. The quantitative estimate of drug-likeness (QED) is 0.330. The molecule has 0 atom stereocenters. The van der Waals surface area contributed by atoms with Crippen LogP contribution in [0.1, 0.15) is 16.8 Å². The van der Waals surface area contributed by atoms with Gasteiger partial charge in [-0.1, -0.05) is 11.8 Å². The summed E-state index contributed by atoms with van der Waals surface area (Å²) in [7, 11) is 3.22. The van der Waals surface area contributed by atoms with Crippen molar-refractivity contribution in [1.29, 1.82) is 5.26 Å². The van der Waals surface area contributed by atoms with Gasteiger partial charge in [0.05, 0.1) is 54.9 Å². The summed E-state index contributed by atoms with van der Waals surface area (Å²) >= 11 is 0. The number of nitrogens with one attached hydrogen (secondary N) is 1. The monoisotopic (exact) mass is 501 g/mol. The van der Waals surface area contributed by atoms with Gasteiger partial charge in [0.1, 0.15) is 17.6 Å². The minimum Gasteiger partial charge on any atom is -0.497 e. The molecule has 0 fully saturated rings. The molecule has 0 saturated carbocycles. The van der Waals surface area contributed by atoms with E-state index in [1.165, 1.54) is 6.20 Å². The molecule has 0 aliphatic rings. The molecule has 2 aromatic carbocycles. The number of pyridine rings is 1. The summed E-state index contributed by atoms with van der Waals surface area (Å²) in [6.45, 7) is 2.24. The molecule has 0 aliphatic carbocycles. The number of fused-ring (bicyclic) bond motifs is 1. The Morgan fingerprint density at radius 3 is 2.47 bits per heavy atom. The molecule has 0 spiro atoms. The van der Waals surface area contributed by atoms with Gasteiger partial charge in [0, 0.05) is 59.3 Å². The molecule has 3 aromatic heterocycles. The van der Waals surface area contributed by atoms with Crippen molar-refractivity contribution in [3.05, 3.63) is 84.1 Å². The molecule has 0 radical (unpaired) electrons. The number of nitriles is 1. The normalized spacial score (nSPS) is 10.4. The van der Waals surface area contributed by atoms with E-state index >= 15 is 0 Å². The third kappa shape index (κ3) is 4.95. The van der Waals surface area contributed by atoms with Crippen LogP contribution in [0.3, 0.4) is 0 Å². The molecule has 0 bridgehead atoms. The number of nitrogens with zero attached hydrogens (tertiary/aromatic N) is 6. The Hall–Kier alpha value is -5.41. The fourth-order valence-corrected chi connectivity index (χ4v) is 4.00. The highest BCUT2D eigenvalue weighted by Crippen LogP contribution is 2.34. The van der Waals surface area contributed by atoms with E-state index in [-0.39, 0.29) is 0 Å². The number of hydrogen-bond donors (Lipinski definition) is 1. The second-order valence-corrected chi connectivity index (χ2v) is 8.30. The second-order valence-electron chi connectivity index (χ2n) is 8.30. The van der Waals surface area contributed by atoms with E-state index in [2.05, 4.69) is 38.1 Å². The highest BCUT2D eigenvalue weighted by molar-refractivity contribution is 5.83. The predicted molar refractivity (Wildman–Crippen MR) is 144 cm³/mol. The minimum atomic E-state index is 0.322. The summed E-state index contributed by atoms with van der Waals surface area (Å²) in [5.41, 5.74) is 6.70. The molecular formula is C29H23N7O2. The van der Waals surface area contributed by atoms with Crippen LogP contribution >= 0.6 is 0 Å². The first-order chi connectivity index (χ1) is 18.6. The first kappa shape index (κ1) is 24.3. The number of aryl methyl sites for hydroxylation is 1. The van der Waals surface area contributed by atoms with Crippen LogP contribution in [0.15, 0.2) is 67.3 Å². The maximum absolute atomic E-state index is 9.39. The third-order valence-corrected chi connectivity index (χ3v) is 5.99. The summed E-state index contributed by atoms with van der Waals surface area (Å²) in [4.78, 5) is 15.5. The van der Waals surface area contributed by atoms with Crippen molar-refractivity contribution in [2.24, 2.45) is 0 Å². The zero-order chi connectivity index (χ0) is 26.5. The number of anilines is 2. The maximum atomic E-state index is 9.39. The summed E-state index contributed by atoms with van der Waals surface area (Å²) in [6, 6.07) is 15.4. The second kappa shape index (κ2) is 10.7. The standard InChI is InChI=1S/C29H23N7O2/c1-19-26(17-33-35-19)29-18-32-27-7-6-22(13-28(27)34-29)36(23-11-24(37-2)14-25(12-23)38-3)10-4-5-20-8-9-31-16-21(20)15-30/h6-9,11-14,16-18H,10H2,1-3H3,(H,33,35). The number of benzene rings is 2. The molecule has 0 saturated heterocycles. The van der Waals surface area contributed by atoms with Gasteiger partial charge in [-0.15, -0.1) is 0 Å². The largest absolute Gasteiger partial charge is 0.497 e. The molecule has 5 aromatic rings. The van der Waals surface area contributed by atoms with Crippen LogP contribution in [0.25, 0.3) is 22.3 Å². The molecule has 0 unspecified atom stereocenters. The van der Waals surface area contributed by atoms with Crippen molar-refractivity contribution >= 4 is 22.4 Å². The van der Waals surface area contributed by atoms with Crippen LogP contribution in [0.5, 0.6) is 11.5 Å². The first-order valence-electron chi connectivity index (χ1n) is 11.7. The van der Waals surface area contributed by atoms with Crippen molar-refractivity contribution in [2.45, 2.75) is 6.92 Å². The van der Waals surface area contributed by atoms with Gasteiger partial charge in [-0.25, -0.2) is 4.98 Å². The molecule has 38 heavy (non-hydrogen) atoms. The van der Waals surface area contributed by atoms with Crippen molar-refractivity contribution in [3.63, 3.8) is 0 Å². The van der Waals surface area contributed by atoms with Gasteiger partial charge in [-0.05, 0) is 31.2 Å². The van der Waals surface area contributed by atoms with Crippen molar-refractivity contribution in [1.82, 2.24) is 25.1 Å². The highest BCUT2D eigenvalue weighted by Gasteiger charge is 2.14. The van der Waals surface area contributed by atoms with Crippen LogP contribution in [0.4, 0.5) is 11.4 Å². The fraction of sp³-hybridized carbons (Fsp3) is 0.138. The number of aromatic amines is 1. The lowest BCUT2D eigenvalue weighted by Gasteiger charge is -2.24. The minimum absolute atomic E-state index is 0.322. The molecule has 5 rings (SSSR count). The molecule has 3 heterocycles. The van der Waals surface area contributed by atoms with Crippen molar-refractivity contribution in [3.8, 4) is 40.7 Å². The van der Waals surface area contributed by atoms with E-state index in [1.54, 1.807) is 32.7 Å². The smallest absolute Gasteiger partial charge is 0.124 e. The Bertz CT molecular complexity index is 1700. The molecule has 9 heteroatoms. The lowest BCUT2D eigenvalue weighted by molar-refractivity contribution is 0.394. The highest BCUT2D eigenvalue weighted by atomic mass is 16.5. The zero-order valence-corrected chi connectivity index (χ0v) is 21.1. The molecular weight excluding hydrogens is 478 g/mol. The van der Waals surface area contributed by atoms with Crippen LogP contribution in [-0.4, -0.2) is 45.9 Å². The lowest BCUT2D eigenvalue weighted by atomic mass is 10.1. The summed E-state index contributed by atoms with van der Waals surface area (Å²) in [5.74, 6) is 7.61. The first-order valence-corrected chi connectivity index (χ1v) is 11.7. The SMILES string of the molecule is COc1cc(OC)cc(N(CC#Cc2ccncc2C#N)c2ccc3ncc(-c4c[nH]nc4C)nc3c2)c1. The number of H-pyrrole nitrogens is 1. The van der Waals surface area contributed by atoms with Gasteiger partial charge in [-0.3, -0.25) is 15.1 Å². The Labute approximate surface area is 219 Å². The van der Waals surface area contributed by atoms with E-state index in [0.29, 0.717) is 29.2 Å². The summed E-state index contributed by atoms with van der Waals surface area (Å²) < 4.78 is 11.0. The predicted octanol–water partition coefficient (Wildman–Crippen LogP) is 4.80. The van der Waals surface area contributed by atoms with E-state index in [1.807, 2.05) is 54.4 Å². The average Bonchev–Trinajstić information content (AvgIpc) is 3.40. The average molecular weight is 502 g/mol. The van der Waals surface area contributed by atoms with E-state index in [0.717, 1.165) is 39.4 Å². The Morgan fingerprint density at radius 1 is 0.947 bits per heavy atom. The van der Waals surface area contributed by atoms with Crippen molar-refractivity contribution < 1.29 is 9.47 Å². The molecule has 0 amide bonds. The van der Waals surface area contributed by atoms with Crippen LogP contribution in [0, 0.1) is 30.1 Å². The van der Waals surface area contributed by atoms with Gasteiger partial charge < -0.3 is 14.4 Å². The van der Waals surface area contributed by atoms with E-state index in [4.69, 9.17) is 14.5 Å². The third-order valence-electron chi connectivity index (χ3n) is 5.99. The molecule has 0 aliphatic heterocycles. The zero-order valence-electron chi connectivity index (χ0n) is 21.1. The Morgan fingerprint density at radius 2 is 1.76 bits per heavy atom. The van der Waals surface area contributed by atoms with Crippen LogP contribution in [-0.2, 0) is 0 Å². The number of ether oxygens (including phenoxy) is 2. The van der Waals surface area contributed by atoms with Crippen molar-refractivity contribution in [2.75, 3.05) is 25.7 Å². The van der Waals surface area contributed by atoms with Gasteiger partial charge in [0.15, 0.2) is 0 Å². The number of hydrogen-bond acceptors (Lipinski definition) is 8. The van der Waals surface area contributed by atoms with E-state index < -0.39 is 0 Å². The topological polar surface area (TPSA) is 113 Å². The maximum Gasteiger partial charge on any atom is 0.124 e. The number of aromatic nitrogens is 5. The van der Waals surface area contributed by atoms with Gasteiger partial charge >= 0.3 is 0 Å².